The van der Waals surface area contributed by atoms with Crippen LogP contribution in [0.1, 0.15) is 25.0 Å². The number of esters is 1. The number of hydrogen-bond acceptors (Lipinski definition) is 6. The van der Waals surface area contributed by atoms with Gasteiger partial charge < -0.3 is 9.47 Å². The Kier molecular flexibility index (Phi) is 8.05. The van der Waals surface area contributed by atoms with E-state index in [9.17, 15) is 13.2 Å². The summed E-state index contributed by atoms with van der Waals surface area (Å²) in [5.41, 5.74) is 3.22. The van der Waals surface area contributed by atoms with Crippen molar-refractivity contribution in [3.63, 3.8) is 0 Å². The summed E-state index contributed by atoms with van der Waals surface area (Å²) >= 11 is 0. The Bertz CT molecular complexity index is 1280. The number of rotatable bonds is 9. The molecule has 1 N–H and O–H groups in total. The maximum atomic E-state index is 12.7. The zero-order valence-corrected chi connectivity index (χ0v) is 20.0. The Hall–Kier alpha value is -3.67. The molecule has 0 saturated heterocycles. The van der Waals surface area contributed by atoms with Crippen LogP contribution in [-0.4, -0.2) is 27.5 Å². The molecule has 0 unspecified atom stereocenters. The fraction of sp³-hybridized carbons (Fsp3) is 0.231. The van der Waals surface area contributed by atoms with Crippen LogP contribution in [0.2, 0.25) is 0 Å². The Morgan fingerprint density at radius 1 is 1.00 bits per heavy atom. The monoisotopic (exact) mass is 478 g/mol. The predicted octanol–water partition coefficient (Wildman–Crippen LogP) is 4.28. The van der Waals surface area contributed by atoms with Crippen molar-refractivity contribution in [2.24, 2.45) is 5.92 Å². The Morgan fingerprint density at radius 3 is 2.18 bits per heavy atom. The first-order valence-electron chi connectivity index (χ1n) is 10.7. The van der Waals surface area contributed by atoms with Crippen LogP contribution < -0.4 is 9.46 Å². The number of benzene rings is 3. The molecule has 3 aromatic carbocycles. The van der Waals surface area contributed by atoms with Gasteiger partial charge in [-0.2, -0.15) is 9.98 Å². The third-order valence-corrected chi connectivity index (χ3v) is 6.67. The quantitative estimate of drug-likeness (QED) is 0.460. The molecule has 1 atom stereocenters. The summed E-state index contributed by atoms with van der Waals surface area (Å²) in [7, 11) is -2.67. The molecule has 0 spiro atoms. The number of nitrogens with zero attached hydrogens (tertiary/aromatic N) is 1. The van der Waals surface area contributed by atoms with Crippen LogP contribution >= 0.6 is 0 Å². The molecule has 0 bridgehead atoms. The van der Waals surface area contributed by atoms with Crippen molar-refractivity contribution in [1.82, 2.24) is 4.72 Å². The average molecular weight is 479 g/mol. The molecule has 0 aliphatic carbocycles. The number of ether oxygens (including phenoxy) is 2. The molecule has 0 aliphatic rings. The van der Waals surface area contributed by atoms with Gasteiger partial charge in [0, 0.05) is 0 Å². The number of carbonyl (C=O) groups is 1. The molecule has 0 aromatic heterocycles. The lowest BCUT2D eigenvalue weighted by Crippen LogP contribution is -2.44. The highest BCUT2D eigenvalue weighted by molar-refractivity contribution is 7.89. The van der Waals surface area contributed by atoms with Gasteiger partial charge in [0.25, 0.3) is 0 Å². The molecule has 0 radical (unpaired) electrons. The lowest BCUT2D eigenvalue weighted by molar-refractivity contribution is -0.143. The average Bonchev–Trinajstić information content (AvgIpc) is 2.86. The number of nitrogens with one attached hydrogen (secondary N) is 1. The Morgan fingerprint density at radius 2 is 1.62 bits per heavy atom. The van der Waals surface area contributed by atoms with Crippen molar-refractivity contribution in [1.29, 1.82) is 5.26 Å². The van der Waals surface area contributed by atoms with Crippen molar-refractivity contribution in [3.05, 3.63) is 83.9 Å². The molecule has 0 saturated carbocycles. The number of nitriles is 1. The third kappa shape index (κ3) is 6.22. The van der Waals surface area contributed by atoms with Gasteiger partial charge in [0.15, 0.2) is 0 Å². The number of carbonyl (C=O) groups excluding carboxylic acids is 1. The van der Waals surface area contributed by atoms with Crippen molar-refractivity contribution in [2.45, 2.75) is 31.4 Å². The zero-order valence-electron chi connectivity index (χ0n) is 19.2. The minimum atomic E-state index is -3.90. The summed E-state index contributed by atoms with van der Waals surface area (Å²) in [4.78, 5) is 12.0. The Labute approximate surface area is 200 Å². The zero-order chi connectivity index (χ0) is 24.7. The van der Waals surface area contributed by atoms with Crippen molar-refractivity contribution in [2.75, 3.05) is 7.11 Å². The maximum Gasteiger partial charge on any atom is 0.324 e. The van der Waals surface area contributed by atoms with Gasteiger partial charge in [0.2, 0.25) is 10.0 Å². The normalized spacial score (nSPS) is 12.1. The second-order valence-electron chi connectivity index (χ2n) is 8.02. The van der Waals surface area contributed by atoms with Crippen LogP contribution in [0, 0.1) is 17.2 Å². The van der Waals surface area contributed by atoms with E-state index in [0.717, 1.165) is 16.7 Å². The first kappa shape index (κ1) is 25.0. The molecule has 0 aliphatic heterocycles. The third-order valence-electron chi connectivity index (χ3n) is 5.22. The summed E-state index contributed by atoms with van der Waals surface area (Å²) in [6, 6.07) is 22.2. The van der Waals surface area contributed by atoms with Gasteiger partial charge in [0.1, 0.15) is 18.4 Å². The van der Waals surface area contributed by atoms with Crippen molar-refractivity contribution < 1.29 is 22.7 Å². The van der Waals surface area contributed by atoms with Gasteiger partial charge in [-0.1, -0.05) is 50.2 Å². The molecule has 3 rings (SSSR count). The van der Waals surface area contributed by atoms with Gasteiger partial charge in [-0.25, -0.2) is 8.42 Å². The SMILES string of the molecule is COC(=O)[C@H](NS(=O)(=O)c1ccc(-c2ccc(OCc3cccc(C#N)c3)cc2)cc1)C(C)C. The molecular weight excluding hydrogens is 452 g/mol. The molecular formula is C26H26N2O5S. The molecule has 0 heterocycles. The van der Waals surface area contributed by atoms with Crippen molar-refractivity contribution in [3.8, 4) is 22.9 Å². The summed E-state index contributed by atoms with van der Waals surface area (Å²) < 4.78 is 38.4. The van der Waals surface area contributed by atoms with Crippen LogP contribution in [-0.2, 0) is 26.2 Å². The highest BCUT2D eigenvalue weighted by Crippen LogP contribution is 2.25. The van der Waals surface area contributed by atoms with Crippen LogP contribution in [0.3, 0.4) is 0 Å². The summed E-state index contributed by atoms with van der Waals surface area (Å²) in [6.07, 6.45) is 0. The smallest absolute Gasteiger partial charge is 0.324 e. The van der Waals surface area contributed by atoms with Crippen molar-refractivity contribution >= 4 is 16.0 Å². The van der Waals surface area contributed by atoms with Gasteiger partial charge in [-0.05, 0) is 59.0 Å². The van der Waals surface area contributed by atoms with E-state index >= 15 is 0 Å². The second-order valence-corrected chi connectivity index (χ2v) is 9.73. The predicted molar refractivity (Wildman–Crippen MR) is 128 cm³/mol. The standard InChI is InChI=1S/C26H26N2O5S/c1-18(2)25(26(29)32-3)28-34(30,31)24-13-9-22(10-14-24)21-7-11-23(12-8-21)33-17-20-6-4-5-19(15-20)16-27/h4-15,18,25,28H,17H2,1-3H3/t25-/m1/s1. The second kappa shape index (κ2) is 11.0. The lowest BCUT2D eigenvalue weighted by Gasteiger charge is -2.19. The van der Waals surface area contributed by atoms with E-state index in [2.05, 4.69) is 10.8 Å². The summed E-state index contributed by atoms with van der Waals surface area (Å²) in [5, 5.41) is 8.99. The van der Waals surface area contributed by atoms with E-state index in [1.54, 1.807) is 38.1 Å². The van der Waals surface area contributed by atoms with Crippen LogP contribution in [0.15, 0.2) is 77.7 Å². The van der Waals surface area contributed by atoms with Gasteiger partial charge in [-0.15, -0.1) is 0 Å². The number of hydrogen-bond donors (Lipinski definition) is 1. The van der Waals surface area contributed by atoms with E-state index in [-0.39, 0.29) is 10.8 Å². The first-order valence-corrected chi connectivity index (χ1v) is 12.1. The lowest BCUT2D eigenvalue weighted by atomic mass is 10.1. The van der Waals surface area contributed by atoms with E-state index in [1.807, 2.05) is 36.4 Å². The van der Waals surface area contributed by atoms with Gasteiger partial charge in [0.05, 0.1) is 23.6 Å². The number of methoxy groups -OCH3 is 1. The van der Waals surface area contributed by atoms with E-state index in [1.165, 1.54) is 19.2 Å². The molecule has 0 fully saturated rings. The fourth-order valence-corrected chi connectivity index (χ4v) is 4.62. The minimum Gasteiger partial charge on any atom is -0.489 e. The first-order chi connectivity index (χ1) is 16.2. The van der Waals surface area contributed by atoms with Crippen LogP contribution in [0.25, 0.3) is 11.1 Å². The number of sulfonamides is 1. The van der Waals surface area contributed by atoms with Gasteiger partial charge in [-0.3, -0.25) is 4.79 Å². The molecule has 8 heteroatoms. The highest BCUT2D eigenvalue weighted by atomic mass is 32.2. The summed E-state index contributed by atoms with van der Waals surface area (Å²) in [6.45, 7) is 3.82. The molecule has 34 heavy (non-hydrogen) atoms. The minimum absolute atomic E-state index is 0.0605. The van der Waals surface area contributed by atoms with Crippen LogP contribution in [0.5, 0.6) is 5.75 Å². The summed E-state index contributed by atoms with van der Waals surface area (Å²) in [5.74, 6) is -0.218. The molecule has 0 amide bonds. The van der Waals surface area contributed by atoms with Gasteiger partial charge >= 0.3 is 5.97 Å². The fourth-order valence-electron chi connectivity index (χ4n) is 3.29. The molecule has 7 nitrogen and oxygen atoms in total. The molecule has 176 valence electrons. The Balaban J connectivity index is 1.68. The van der Waals surface area contributed by atoms with E-state index < -0.39 is 22.0 Å². The van der Waals surface area contributed by atoms with E-state index in [4.69, 9.17) is 14.7 Å². The highest BCUT2D eigenvalue weighted by Gasteiger charge is 2.29. The van der Waals surface area contributed by atoms with Crippen LogP contribution in [0.4, 0.5) is 0 Å². The molecule has 3 aromatic rings. The largest absolute Gasteiger partial charge is 0.489 e. The maximum absolute atomic E-state index is 12.7. The topological polar surface area (TPSA) is 105 Å². The van der Waals surface area contributed by atoms with E-state index in [0.29, 0.717) is 17.9 Å².